The zero-order chi connectivity index (χ0) is 13.1. The van der Waals surface area contributed by atoms with Crippen molar-refractivity contribution in [2.75, 3.05) is 18.1 Å². The van der Waals surface area contributed by atoms with Gasteiger partial charge in [-0.25, -0.2) is 0 Å². The molecule has 0 radical (unpaired) electrons. The van der Waals surface area contributed by atoms with Crippen molar-refractivity contribution in [3.8, 4) is 5.75 Å². The zero-order valence-corrected chi connectivity index (χ0v) is 10.6. The van der Waals surface area contributed by atoms with Crippen LogP contribution in [0.1, 0.15) is 15.9 Å². The van der Waals surface area contributed by atoms with Crippen LogP contribution in [0.5, 0.6) is 5.75 Å². The van der Waals surface area contributed by atoms with Gasteiger partial charge in [0.15, 0.2) is 0 Å². The van der Waals surface area contributed by atoms with E-state index in [9.17, 15) is 4.79 Å². The minimum Gasteiger partial charge on any atom is -0.490 e. The fourth-order valence-corrected chi connectivity index (χ4v) is 2.34. The number of fused-ring (bicyclic) bond motifs is 1. The molecule has 3 rings (SSSR count). The highest BCUT2D eigenvalue weighted by atomic mass is 16.5. The number of nitrogens with zero attached hydrogens (tertiary/aromatic N) is 1. The van der Waals surface area contributed by atoms with Crippen molar-refractivity contribution in [2.45, 2.75) is 6.54 Å². The van der Waals surface area contributed by atoms with E-state index < -0.39 is 0 Å². The summed E-state index contributed by atoms with van der Waals surface area (Å²) in [5.74, 6) is 0.798. The molecule has 0 saturated heterocycles. The number of carbonyl (C=O) groups excluding carboxylic acids is 1. The number of benzene rings is 2. The van der Waals surface area contributed by atoms with Crippen LogP contribution in [0.4, 0.5) is 5.69 Å². The van der Waals surface area contributed by atoms with Gasteiger partial charge in [-0.3, -0.25) is 4.79 Å². The lowest BCUT2D eigenvalue weighted by Gasteiger charge is -2.31. The minimum absolute atomic E-state index is 0.653. The van der Waals surface area contributed by atoms with E-state index in [4.69, 9.17) is 4.74 Å². The van der Waals surface area contributed by atoms with E-state index in [1.54, 1.807) is 6.07 Å². The number of aldehydes is 1. The summed E-state index contributed by atoms with van der Waals surface area (Å²) in [7, 11) is 0. The Hall–Kier alpha value is -2.29. The van der Waals surface area contributed by atoms with Gasteiger partial charge in [0.1, 0.15) is 18.6 Å². The topological polar surface area (TPSA) is 29.5 Å². The Morgan fingerprint density at radius 2 is 2.00 bits per heavy atom. The van der Waals surface area contributed by atoms with Gasteiger partial charge < -0.3 is 9.64 Å². The van der Waals surface area contributed by atoms with Crippen LogP contribution in [0, 0.1) is 0 Å². The van der Waals surface area contributed by atoms with Crippen LogP contribution in [0.3, 0.4) is 0 Å². The molecule has 0 aliphatic carbocycles. The molecule has 0 fully saturated rings. The first kappa shape index (κ1) is 11.8. The summed E-state index contributed by atoms with van der Waals surface area (Å²) < 4.78 is 5.63. The molecule has 2 aromatic rings. The lowest BCUT2D eigenvalue weighted by Crippen LogP contribution is -2.32. The molecule has 0 spiro atoms. The second-order valence-electron chi connectivity index (χ2n) is 4.60. The monoisotopic (exact) mass is 253 g/mol. The van der Waals surface area contributed by atoms with Gasteiger partial charge in [-0.05, 0) is 23.8 Å². The molecule has 3 heteroatoms. The van der Waals surface area contributed by atoms with Crippen LogP contribution in [-0.2, 0) is 6.54 Å². The number of hydrogen-bond donors (Lipinski definition) is 0. The highest BCUT2D eigenvalue weighted by molar-refractivity contribution is 5.78. The summed E-state index contributed by atoms with van der Waals surface area (Å²) in [6.07, 6.45) is 0.847. The molecule has 2 aromatic carbocycles. The molecule has 19 heavy (non-hydrogen) atoms. The van der Waals surface area contributed by atoms with Crippen molar-refractivity contribution >= 4 is 12.0 Å². The maximum absolute atomic E-state index is 10.8. The van der Waals surface area contributed by atoms with Gasteiger partial charge in [-0.15, -0.1) is 0 Å². The van der Waals surface area contributed by atoms with Crippen molar-refractivity contribution in [1.82, 2.24) is 0 Å². The van der Waals surface area contributed by atoms with Crippen LogP contribution in [-0.4, -0.2) is 19.4 Å². The van der Waals surface area contributed by atoms with Gasteiger partial charge >= 0.3 is 0 Å². The van der Waals surface area contributed by atoms with Crippen LogP contribution in [0.2, 0.25) is 0 Å². The summed E-state index contributed by atoms with van der Waals surface area (Å²) in [5, 5.41) is 0. The third kappa shape index (κ3) is 2.45. The van der Waals surface area contributed by atoms with Crippen molar-refractivity contribution in [3.63, 3.8) is 0 Å². The molecule has 0 unspecified atom stereocenters. The molecule has 3 nitrogen and oxygen atoms in total. The van der Waals surface area contributed by atoms with Gasteiger partial charge in [0.05, 0.1) is 12.2 Å². The van der Waals surface area contributed by atoms with E-state index in [1.165, 1.54) is 5.56 Å². The Balaban J connectivity index is 1.88. The molecule has 0 aromatic heterocycles. The highest BCUT2D eigenvalue weighted by Gasteiger charge is 2.18. The molecular weight excluding hydrogens is 238 g/mol. The number of hydrogen-bond acceptors (Lipinski definition) is 3. The second kappa shape index (κ2) is 5.14. The summed E-state index contributed by atoms with van der Waals surface area (Å²) in [5.41, 5.74) is 2.98. The number of anilines is 1. The highest BCUT2D eigenvalue weighted by Crippen LogP contribution is 2.33. The van der Waals surface area contributed by atoms with E-state index >= 15 is 0 Å². The Morgan fingerprint density at radius 1 is 1.16 bits per heavy atom. The summed E-state index contributed by atoms with van der Waals surface area (Å²) >= 11 is 0. The number of carbonyl (C=O) groups is 1. The van der Waals surface area contributed by atoms with E-state index in [1.807, 2.05) is 30.3 Å². The number of ether oxygens (including phenoxy) is 1. The van der Waals surface area contributed by atoms with E-state index in [0.717, 1.165) is 30.8 Å². The predicted octanol–water partition coefficient (Wildman–Crippen LogP) is 2.90. The molecule has 0 atom stereocenters. The van der Waals surface area contributed by atoms with Gasteiger partial charge in [-0.1, -0.05) is 30.3 Å². The molecule has 1 heterocycles. The first-order valence-corrected chi connectivity index (χ1v) is 6.38. The largest absolute Gasteiger partial charge is 0.490 e. The van der Waals surface area contributed by atoms with E-state index in [-0.39, 0.29) is 0 Å². The SMILES string of the molecule is O=Cc1ccc2c(c1)OCCN2Cc1ccccc1. The molecule has 0 amide bonds. The second-order valence-corrected chi connectivity index (χ2v) is 4.60. The molecule has 0 N–H and O–H groups in total. The maximum Gasteiger partial charge on any atom is 0.150 e. The average Bonchev–Trinajstić information content (AvgIpc) is 2.48. The van der Waals surface area contributed by atoms with Crippen LogP contribution < -0.4 is 9.64 Å². The van der Waals surface area contributed by atoms with Crippen LogP contribution >= 0.6 is 0 Å². The first-order valence-electron chi connectivity index (χ1n) is 6.38. The fourth-order valence-electron chi connectivity index (χ4n) is 2.34. The molecule has 96 valence electrons. The minimum atomic E-state index is 0.653. The standard InChI is InChI=1S/C16H15NO2/c18-12-14-6-7-15-16(10-14)19-9-8-17(15)11-13-4-2-1-3-5-13/h1-7,10,12H,8-9,11H2. The van der Waals surface area contributed by atoms with Gasteiger partial charge in [0.2, 0.25) is 0 Å². The third-order valence-corrected chi connectivity index (χ3v) is 3.30. The molecular formula is C16H15NO2. The summed E-state index contributed by atoms with van der Waals surface area (Å²) in [4.78, 5) is 13.1. The number of rotatable bonds is 3. The van der Waals surface area contributed by atoms with Gasteiger partial charge in [0.25, 0.3) is 0 Å². The van der Waals surface area contributed by atoms with Crippen molar-refractivity contribution in [3.05, 3.63) is 59.7 Å². The maximum atomic E-state index is 10.8. The molecule has 0 bridgehead atoms. The Bertz CT molecular complexity index is 581. The Kier molecular flexibility index (Phi) is 3.19. The van der Waals surface area contributed by atoms with E-state index in [0.29, 0.717) is 12.2 Å². The van der Waals surface area contributed by atoms with E-state index in [2.05, 4.69) is 17.0 Å². The van der Waals surface area contributed by atoms with Crippen LogP contribution in [0.25, 0.3) is 0 Å². The summed E-state index contributed by atoms with van der Waals surface area (Å²) in [6, 6.07) is 16.0. The predicted molar refractivity (Wildman–Crippen MR) is 74.8 cm³/mol. The van der Waals surface area contributed by atoms with Crippen molar-refractivity contribution < 1.29 is 9.53 Å². The van der Waals surface area contributed by atoms with Gasteiger partial charge in [0, 0.05) is 12.1 Å². The third-order valence-electron chi connectivity index (χ3n) is 3.30. The van der Waals surface area contributed by atoms with Crippen molar-refractivity contribution in [2.24, 2.45) is 0 Å². The molecule has 0 saturated carbocycles. The molecule has 1 aliphatic rings. The normalized spacial score (nSPS) is 13.6. The van der Waals surface area contributed by atoms with Gasteiger partial charge in [-0.2, -0.15) is 0 Å². The smallest absolute Gasteiger partial charge is 0.150 e. The summed E-state index contributed by atoms with van der Waals surface area (Å²) in [6.45, 7) is 2.38. The lowest BCUT2D eigenvalue weighted by atomic mass is 10.1. The Morgan fingerprint density at radius 3 is 2.79 bits per heavy atom. The first-order chi connectivity index (χ1) is 9.36. The average molecular weight is 253 g/mol. The zero-order valence-electron chi connectivity index (χ0n) is 10.6. The quantitative estimate of drug-likeness (QED) is 0.788. The molecule has 1 aliphatic heterocycles. The fraction of sp³-hybridized carbons (Fsp3) is 0.188. The van der Waals surface area contributed by atoms with Crippen LogP contribution in [0.15, 0.2) is 48.5 Å². The van der Waals surface area contributed by atoms with Crippen molar-refractivity contribution in [1.29, 1.82) is 0 Å². The Labute approximate surface area is 112 Å². The lowest BCUT2D eigenvalue weighted by molar-refractivity contribution is 0.112.